The van der Waals surface area contributed by atoms with Crippen molar-refractivity contribution in [3.05, 3.63) is 102 Å². The standard InChI is InChI=1S/C28H31P/c1-23-14-13-21-28(2,3)27(23)22-29(24-15-7-4-8-16-24,25-17-9-5-10-18-25)26-19-11-6-12-20-26/h4-12,15-20,22H,13-14,21H2,1-3H3. The van der Waals surface area contributed by atoms with Gasteiger partial charge in [0.15, 0.2) is 0 Å². The van der Waals surface area contributed by atoms with E-state index in [0.717, 1.165) is 0 Å². The molecule has 0 N–H and O–H groups in total. The highest BCUT2D eigenvalue weighted by atomic mass is 31.2. The van der Waals surface area contributed by atoms with E-state index >= 15 is 0 Å². The maximum atomic E-state index is 2.70. The van der Waals surface area contributed by atoms with Crippen LogP contribution in [0, 0.1) is 5.41 Å². The molecule has 148 valence electrons. The Morgan fingerprint density at radius 1 is 0.690 bits per heavy atom. The zero-order chi connectivity index (χ0) is 20.3. The Labute approximate surface area is 176 Å². The normalized spacial score (nSPS) is 16.5. The summed E-state index contributed by atoms with van der Waals surface area (Å²) in [5.41, 5.74) is 3.34. The van der Waals surface area contributed by atoms with E-state index in [1.807, 2.05) is 0 Å². The fourth-order valence-electron chi connectivity index (χ4n) is 4.78. The van der Waals surface area contributed by atoms with Crippen LogP contribution in [0.15, 0.2) is 102 Å². The second-order valence-corrected chi connectivity index (χ2v) is 12.0. The van der Waals surface area contributed by atoms with E-state index in [2.05, 4.69) is 118 Å². The topological polar surface area (TPSA) is 0 Å². The molecule has 0 atom stereocenters. The monoisotopic (exact) mass is 398 g/mol. The summed E-state index contributed by atoms with van der Waals surface area (Å²) in [6, 6.07) is 33.5. The summed E-state index contributed by atoms with van der Waals surface area (Å²) >= 11 is 0. The van der Waals surface area contributed by atoms with Crippen molar-refractivity contribution in [3.8, 4) is 0 Å². The molecule has 3 aromatic carbocycles. The van der Waals surface area contributed by atoms with E-state index in [0.29, 0.717) is 0 Å². The van der Waals surface area contributed by atoms with Gasteiger partial charge in [-0.25, -0.2) is 0 Å². The summed E-state index contributed by atoms with van der Waals surface area (Å²) in [4.78, 5) is 0. The molecule has 0 aliphatic heterocycles. The average molecular weight is 399 g/mol. The van der Waals surface area contributed by atoms with E-state index in [1.54, 1.807) is 11.1 Å². The molecule has 0 aromatic heterocycles. The Balaban J connectivity index is 2.15. The van der Waals surface area contributed by atoms with Crippen LogP contribution in [0.4, 0.5) is 0 Å². The van der Waals surface area contributed by atoms with Crippen molar-refractivity contribution in [3.63, 3.8) is 0 Å². The fraction of sp³-hybridized carbons (Fsp3) is 0.250. The molecule has 0 unspecified atom stereocenters. The van der Waals surface area contributed by atoms with Crippen molar-refractivity contribution < 1.29 is 0 Å². The van der Waals surface area contributed by atoms with Gasteiger partial charge in [0.2, 0.25) is 0 Å². The molecule has 1 aliphatic rings. The van der Waals surface area contributed by atoms with Gasteiger partial charge < -0.3 is 0 Å². The maximum Gasteiger partial charge on any atom is -0.0103 e. The van der Waals surface area contributed by atoms with Gasteiger partial charge in [-0.05, 0) is 65.8 Å². The molecule has 3 aromatic rings. The minimum Gasteiger partial charge on any atom is -0.0695 e. The molecule has 0 saturated heterocycles. The SMILES string of the molecule is CC1=C(C=P(c2ccccc2)(c2ccccc2)c2ccccc2)C(C)(C)CCC1. The van der Waals surface area contributed by atoms with Crippen LogP contribution in [0.25, 0.3) is 0 Å². The van der Waals surface area contributed by atoms with Crippen LogP contribution >= 0.6 is 6.89 Å². The van der Waals surface area contributed by atoms with Gasteiger partial charge in [-0.15, -0.1) is 0 Å². The Morgan fingerprint density at radius 3 is 1.48 bits per heavy atom. The quantitative estimate of drug-likeness (QED) is 0.452. The number of allylic oxidation sites excluding steroid dienone is 2. The molecule has 0 radical (unpaired) electrons. The van der Waals surface area contributed by atoms with Gasteiger partial charge >= 0.3 is 0 Å². The van der Waals surface area contributed by atoms with Gasteiger partial charge in [-0.1, -0.05) is 110 Å². The molecule has 0 bridgehead atoms. The first kappa shape index (κ1) is 20.0. The molecule has 0 heterocycles. The lowest BCUT2D eigenvalue weighted by Gasteiger charge is -2.37. The third kappa shape index (κ3) is 3.79. The molecule has 0 saturated carbocycles. The number of hydrogen-bond acceptors (Lipinski definition) is 0. The van der Waals surface area contributed by atoms with Crippen LogP contribution < -0.4 is 15.9 Å². The number of rotatable bonds is 4. The molecule has 0 fully saturated rings. The average Bonchev–Trinajstić information content (AvgIpc) is 2.75. The highest BCUT2D eigenvalue weighted by Crippen LogP contribution is 2.49. The van der Waals surface area contributed by atoms with Crippen LogP contribution in [-0.2, 0) is 0 Å². The van der Waals surface area contributed by atoms with Crippen LogP contribution in [0.1, 0.15) is 40.0 Å². The predicted octanol–water partition coefficient (Wildman–Crippen LogP) is 6.31. The summed E-state index contributed by atoms with van der Waals surface area (Å²) < 4.78 is 0. The summed E-state index contributed by atoms with van der Waals surface area (Å²) in [5.74, 6) is 2.70. The van der Waals surface area contributed by atoms with E-state index in [9.17, 15) is 0 Å². The predicted molar refractivity (Wildman–Crippen MR) is 132 cm³/mol. The van der Waals surface area contributed by atoms with Crippen LogP contribution in [0.5, 0.6) is 0 Å². The van der Waals surface area contributed by atoms with Crippen LogP contribution in [0.2, 0.25) is 0 Å². The first-order valence-electron chi connectivity index (χ1n) is 10.7. The van der Waals surface area contributed by atoms with Crippen LogP contribution in [-0.4, -0.2) is 5.80 Å². The summed E-state index contributed by atoms with van der Waals surface area (Å²) in [7, 11) is 0. The zero-order valence-electron chi connectivity index (χ0n) is 17.8. The van der Waals surface area contributed by atoms with E-state index in [4.69, 9.17) is 0 Å². The molecule has 1 aliphatic carbocycles. The molecular weight excluding hydrogens is 367 g/mol. The number of benzene rings is 3. The van der Waals surface area contributed by atoms with Crippen molar-refractivity contribution >= 4 is 28.6 Å². The minimum atomic E-state index is -1.92. The van der Waals surface area contributed by atoms with Crippen molar-refractivity contribution in [2.75, 3.05) is 0 Å². The molecular formula is C28H31P. The zero-order valence-corrected chi connectivity index (χ0v) is 18.7. The van der Waals surface area contributed by atoms with Crippen molar-refractivity contribution in [2.24, 2.45) is 5.41 Å². The summed E-state index contributed by atoms with van der Waals surface area (Å²) in [6.45, 7) is 5.28. The minimum absolute atomic E-state index is 0.214. The lowest BCUT2D eigenvalue weighted by Crippen LogP contribution is -2.30. The molecule has 0 amide bonds. The second-order valence-electron chi connectivity index (χ2n) is 8.79. The van der Waals surface area contributed by atoms with E-state index in [-0.39, 0.29) is 5.41 Å². The van der Waals surface area contributed by atoms with Gasteiger partial charge in [0.25, 0.3) is 0 Å². The molecule has 0 nitrogen and oxygen atoms in total. The largest absolute Gasteiger partial charge is 0.0695 e. The molecule has 4 rings (SSSR count). The Morgan fingerprint density at radius 2 is 1.10 bits per heavy atom. The van der Waals surface area contributed by atoms with Gasteiger partial charge in [0.1, 0.15) is 0 Å². The van der Waals surface area contributed by atoms with E-state index in [1.165, 1.54) is 35.2 Å². The maximum absolute atomic E-state index is 2.70. The Kier molecular flexibility index (Phi) is 5.66. The van der Waals surface area contributed by atoms with Crippen molar-refractivity contribution in [2.45, 2.75) is 40.0 Å². The highest BCUT2D eigenvalue weighted by Gasteiger charge is 2.32. The summed E-state index contributed by atoms with van der Waals surface area (Å²) in [6.07, 6.45) is 3.77. The third-order valence-corrected chi connectivity index (χ3v) is 10.3. The highest BCUT2D eigenvalue weighted by molar-refractivity contribution is 7.94. The Bertz CT molecular complexity index is 938. The van der Waals surface area contributed by atoms with Gasteiger partial charge in [0.05, 0.1) is 0 Å². The lowest BCUT2D eigenvalue weighted by molar-refractivity contribution is 0.384. The second kappa shape index (κ2) is 8.21. The van der Waals surface area contributed by atoms with Crippen molar-refractivity contribution in [1.82, 2.24) is 0 Å². The number of hydrogen-bond donors (Lipinski definition) is 0. The first-order valence-corrected chi connectivity index (χ1v) is 12.5. The van der Waals surface area contributed by atoms with Gasteiger partial charge in [-0.2, -0.15) is 0 Å². The smallest absolute Gasteiger partial charge is 0.0103 e. The first-order chi connectivity index (χ1) is 14.0. The lowest BCUT2D eigenvalue weighted by atomic mass is 9.73. The Hall–Kier alpha value is -2.30. The molecule has 29 heavy (non-hydrogen) atoms. The molecule has 0 spiro atoms. The van der Waals surface area contributed by atoms with Gasteiger partial charge in [-0.3, -0.25) is 0 Å². The van der Waals surface area contributed by atoms with Gasteiger partial charge in [0, 0.05) is 0 Å². The fourth-order valence-corrected chi connectivity index (χ4v) is 9.01. The van der Waals surface area contributed by atoms with Crippen LogP contribution in [0.3, 0.4) is 0 Å². The van der Waals surface area contributed by atoms with E-state index < -0.39 is 6.89 Å². The van der Waals surface area contributed by atoms with Crippen molar-refractivity contribution in [1.29, 1.82) is 0 Å². The molecule has 1 heteroatoms. The third-order valence-electron chi connectivity index (χ3n) is 6.36. The summed E-state index contributed by atoms with van der Waals surface area (Å²) in [5, 5.41) is 4.29.